The first-order valence-electron chi connectivity index (χ1n) is 6.15. The number of aromatic nitrogens is 1. The standard InChI is InChI=1S/C14H19BrN2O/c1-4-5-6-7-8-16-14(18)13-9-12(15)10-17(13)11(2)3/h1,9-11H,5-8H2,2-3H3,(H,16,18). The highest BCUT2D eigenvalue weighted by atomic mass is 79.9. The smallest absolute Gasteiger partial charge is 0.267 e. The number of rotatable bonds is 6. The lowest BCUT2D eigenvalue weighted by Gasteiger charge is -2.12. The summed E-state index contributed by atoms with van der Waals surface area (Å²) in [5, 5.41) is 2.92. The second-order valence-electron chi connectivity index (χ2n) is 4.46. The number of carbonyl (C=O) groups is 1. The zero-order valence-corrected chi connectivity index (χ0v) is 12.5. The van der Waals surface area contributed by atoms with Crippen LogP contribution in [0.15, 0.2) is 16.7 Å². The van der Waals surface area contributed by atoms with Crippen LogP contribution in [-0.2, 0) is 0 Å². The van der Waals surface area contributed by atoms with E-state index in [0.29, 0.717) is 12.2 Å². The molecule has 1 aromatic heterocycles. The molecule has 1 heterocycles. The molecule has 0 unspecified atom stereocenters. The Labute approximate surface area is 117 Å². The van der Waals surface area contributed by atoms with Crippen LogP contribution in [0.1, 0.15) is 49.6 Å². The SMILES string of the molecule is C#CCCCCNC(=O)c1cc(Br)cn1C(C)C. The molecule has 0 bridgehead atoms. The van der Waals surface area contributed by atoms with Crippen LogP contribution in [0, 0.1) is 12.3 Å². The van der Waals surface area contributed by atoms with E-state index in [0.717, 1.165) is 23.7 Å². The van der Waals surface area contributed by atoms with Gasteiger partial charge in [-0.2, -0.15) is 0 Å². The molecule has 0 spiro atoms. The minimum atomic E-state index is -0.0323. The predicted octanol–water partition coefficient (Wildman–Crippen LogP) is 3.36. The van der Waals surface area contributed by atoms with Gasteiger partial charge in [0.05, 0.1) is 0 Å². The molecule has 0 radical (unpaired) electrons. The number of carbonyl (C=O) groups excluding carboxylic acids is 1. The highest BCUT2D eigenvalue weighted by molar-refractivity contribution is 9.10. The van der Waals surface area contributed by atoms with Crippen LogP contribution in [-0.4, -0.2) is 17.0 Å². The lowest BCUT2D eigenvalue weighted by atomic mass is 10.2. The fourth-order valence-electron chi connectivity index (χ4n) is 1.70. The van der Waals surface area contributed by atoms with Crippen LogP contribution in [0.2, 0.25) is 0 Å². The molecule has 1 N–H and O–H groups in total. The predicted molar refractivity (Wildman–Crippen MR) is 77.5 cm³/mol. The molecule has 0 aliphatic carbocycles. The van der Waals surface area contributed by atoms with Crippen molar-refractivity contribution in [2.45, 2.75) is 39.2 Å². The van der Waals surface area contributed by atoms with E-state index in [1.54, 1.807) is 0 Å². The van der Waals surface area contributed by atoms with Crippen molar-refractivity contribution in [3.05, 3.63) is 22.4 Å². The molecule has 0 aromatic carbocycles. The molecular formula is C14H19BrN2O. The fraction of sp³-hybridized carbons (Fsp3) is 0.500. The van der Waals surface area contributed by atoms with Gasteiger partial charge in [-0.3, -0.25) is 4.79 Å². The third-order valence-electron chi connectivity index (χ3n) is 2.64. The van der Waals surface area contributed by atoms with Crippen molar-refractivity contribution < 1.29 is 4.79 Å². The van der Waals surface area contributed by atoms with Crippen molar-refractivity contribution in [1.82, 2.24) is 9.88 Å². The molecule has 1 aromatic rings. The van der Waals surface area contributed by atoms with Crippen LogP contribution in [0.25, 0.3) is 0 Å². The molecule has 0 aliphatic rings. The van der Waals surface area contributed by atoms with Crippen molar-refractivity contribution in [3.8, 4) is 12.3 Å². The van der Waals surface area contributed by atoms with Gasteiger partial charge in [-0.1, -0.05) is 0 Å². The normalized spacial score (nSPS) is 10.4. The van der Waals surface area contributed by atoms with Gasteiger partial charge in [0.1, 0.15) is 5.69 Å². The summed E-state index contributed by atoms with van der Waals surface area (Å²) in [6.07, 6.45) is 9.73. The Morgan fingerprint density at radius 3 is 2.89 bits per heavy atom. The summed E-state index contributed by atoms with van der Waals surface area (Å²) in [7, 11) is 0. The summed E-state index contributed by atoms with van der Waals surface area (Å²) in [4.78, 5) is 12.0. The average molecular weight is 311 g/mol. The number of hydrogen-bond donors (Lipinski definition) is 1. The Morgan fingerprint density at radius 2 is 2.28 bits per heavy atom. The summed E-state index contributed by atoms with van der Waals surface area (Å²) in [6, 6.07) is 2.11. The maximum atomic E-state index is 12.0. The number of hydrogen-bond acceptors (Lipinski definition) is 1. The van der Waals surface area contributed by atoms with Gasteiger partial charge in [-0.05, 0) is 48.7 Å². The van der Waals surface area contributed by atoms with E-state index in [-0.39, 0.29) is 11.9 Å². The summed E-state index contributed by atoms with van der Waals surface area (Å²) < 4.78 is 2.88. The third-order valence-corrected chi connectivity index (χ3v) is 3.07. The number of nitrogens with zero attached hydrogens (tertiary/aromatic N) is 1. The Kier molecular flexibility index (Phi) is 6.00. The minimum Gasteiger partial charge on any atom is -0.351 e. The number of unbranched alkanes of at least 4 members (excludes halogenated alkanes) is 2. The Bertz CT molecular complexity index is 443. The van der Waals surface area contributed by atoms with Gasteiger partial charge < -0.3 is 9.88 Å². The van der Waals surface area contributed by atoms with E-state index in [1.165, 1.54) is 0 Å². The molecule has 3 nitrogen and oxygen atoms in total. The quantitative estimate of drug-likeness (QED) is 0.634. The minimum absolute atomic E-state index is 0.0323. The molecule has 18 heavy (non-hydrogen) atoms. The van der Waals surface area contributed by atoms with Gasteiger partial charge in [0, 0.05) is 29.7 Å². The Morgan fingerprint density at radius 1 is 1.56 bits per heavy atom. The van der Waals surface area contributed by atoms with E-state index in [2.05, 4.69) is 41.0 Å². The molecule has 0 fully saturated rings. The average Bonchev–Trinajstić information content (AvgIpc) is 2.71. The van der Waals surface area contributed by atoms with Crippen LogP contribution < -0.4 is 5.32 Å². The van der Waals surface area contributed by atoms with Gasteiger partial charge in [0.15, 0.2) is 0 Å². The summed E-state index contributed by atoms with van der Waals surface area (Å²) in [6.45, 7) is 4.77. The first-order chi connectivity index (χ1) is 8.56. The van der Waals surface area contributed by atoms with Crippen LogP contribution in [0.5, 0.6) is 0 Å². The van der Waals surface area contributed by atoms with Crippen LogP contribution >= 0.6 is 15.9 Å². The van der Waals surface area contributed by atoms with Gasteiger partial charge in [-0.15, -0.1) is 12.3 Å². The van der Waals surface area contributed by atoms with Crippen molar-refractivity contribution >= 4 is 21.8 Å². The van der Waals surface area contributed by atoms with E-state index in [9.17, 15) is 4.79 Å². The molecule has 98 valence electrons. The zero-order valence-electron chi connectivity index (χ0n) is 10.9. The Hall–Kier alpha value is -1.21. The van der Waals surface area contributed by atoms with Crippen molar-refractivity contribution in [2.24, 2.45) is 0 Å². The maximum Gasteiger partial charge on any atom is 0.267 e. The van der Waals surface area contributed by atoms with E-state index in [1.807, 2.05) is 16.8 Å². The van der Waals surface area contributed by atoms with E-state index in [4.69, 9.17) is 6.42 Å². The van der Waals surface area contributed by atoms with Gasteiger partial charge in [0.25, 0.3) is 5.91 Å². The van der Waals surface area contributed by atoms with Gasteiger partial charge >= 0.3 is 0 Å². The maximum absolute atomic E-state index is 12.0. The molecule has 0 atom stereocenters. The summed E-state index contributed by atoms with van der Waals surface area (Å²) >= 11 is 3.40. The monoisotopic (exact) mass is 310 g/mol. The fourth-order valence-corrected chi connectivity index (χ4v) is 2.14. The molecule has 1 rings (SSSR count). The van der Waals surface area contributed by atoms with E-state index >= 15 is 0 Å². The topological polar surface area (TPSA) is 34.0 Å². The molecule has 4 heteroatoms. The number of halogens is 1. The summed E-state index contributed by atoms with van der Waals surface area (Å²) in [5.41, 5.74) is 0.689. The lowest BCUT2D eigenvalue weighted by Crippen LogP contribution is -2.27. The number of terminal acetylenes is 1. The second-order valence-corrected chi connectivity index (χ2v) is 5.38. The highest BCUT2D eigenvalue weighted by Gasteiger charge is 2.14. The largest absolute Gasteiger partial charge is 0.351 e. The van der Waals surface area contributed by atoms with Gasteiger partial charge in [-0.25, -0.2) is 0 Å². The molecular weight excluding hydrogens is 292 g/mol. The van der Waals surface area contributed by atoms with Crippen molar-refractivity contribution in [1.29, 1.82) is 0 Å². The second kappa shape index (κ2) is 7.27. The molecule has 0 saturated carbocycles. The first kappa shape index (κ1) is 14.8. The third kappa shape index (κ3) is 4.23. The zero-order chi connectivity index (χ0) is 13.5. The number of amides is 1. The van der Waals surface area contributed by atoms with Crippen molar-refractivity contribution in [2.75, 3.05) is 6.54 Å². The summed E-state index contributed by atoms with van der Waals surface area (Å²) in [5.74, 6) is 2.56. The van der Waals surface area contributed by atoms with Crippen molar-refractivity contribution in [3.63, 3.8) is 0 Å². The van der Waals surface area contributed by atoms with E-state index < -0.39 is 0 Å². The Balaban J connectivity index is 2.54. The number of nitrogens with one attached hydrogen (secondary N) is 1. The van der Waals surface area contributed by atoms with Crippen LogP contribution in [0.3, 0.4) is 0 Å². The van der Waals surface area contributed by atoms with Gasteiger partial charge in [0.2, 0.25) is 0 Å². The van der Waals surface area contributed by atoms with Crippen LogP contribution in [0.4, 0.5) is 0 Å². The highest BCUT2D eigenvalue weighted by Crippen LogP contribution is 2.19. The first-order valence-corrected chi connectivity index (χ1v) is 6.94. The molecule has 1 amide bonds. The molecule has 0 saturated heterocycles. The molecule has 0 aliphatic heterocycles. The lowest BCUT2D eigenvalue weighted by molar-refractivity contribution is 0.0942.